The normalized spacial score (nSPS) is 16.0. The monoisotopic (exact) mass is 624 g/mol. The van der Waals surface area contributed by atoms with Crippen molar-refractivity contribution in [3.05, 3.63) is 75.4 Å². The van der Waals surface area contributed by atoms with E-state index in [-0.39, 0.29) is 36.1 Å². The van der Waals surface area contributed by atoms with Gasteiger partial charge in [-0.25, -0.2) is 9.78 Å². The highest BCUT2D eigenvalue weighted by molar-refractivity contribution is 6.24. The molecule has 10 nitrogen and oxygen atoms in total. The number of esters is 1. The smallest absolute Gasteiger partial charge is 0.338 e. The van der Waals surface area contributed by atoms with E-state index in [2.05, 4.69) is 43.4 Å². The van der Waals surface area contributed by atoms with Gasteiger partial charge in [-0.3, -0.25) is 14.6 Å². The molecule has 2 aliphatic heterocycles. The van der Waals surface area contributed by atoms with Crippen LogP contribution < -0.4 is 0 Å². The van der Waals surface area contributed by atoms with Crippen LogP contribution in [-0.2, 0) is 36.7 Å². The summed E-state index contributed by atoms with van der Waals surface area (Å²) in [4.78, 5) is 53.7. The Morgan fingerprint density at radius 1 is 1.02 bits per heavy atom. The highest BCUT2D eigenvalue weighted by atomic mass is 16.5. The van der Waals surface area contributed by atoms with Crippen molar-refractivity contribution in [2.24, 2.45) is 0 Å². The number of carbonyl (C=O) groups excluding carboxylic acids is 2. The molecular formula is C36H40N4O6. The maximum absolute atomic E-state index is 12.9. The first-order chi connectivity index (χ1) is 22.0. The van der Waals surface area contributed by atoms with Crippen molar-refractivity contribution in [3.63, 3.8) is 0 Å². The number of aromatic amines is 2. The number of hydrogen-bond acceptors (Lipinski definition) is 7. The Hall–Kier alpha value is -4.99. The van der Waals surface area contributed by atoms with Crippen molar-refractivity contribution in [3.8, 4) is 0 Å². The average Bonchev–Trinajstić information content (AvgIpc) is 3.71. The molecule has 3 aromatic heterocycles. The first-order valence-electron chi connectivity index (χ1n) is 15.5. The van der Waals surface area contributed by atoms with E-state index in [1.54, 1.807) is 6.92 Å². The molecule has 240 valence electrons. The molecule has 0 aromatic carbocycles. The number of nitrogens with one attached hydrogen (secondary N) is 2. The summed E-state index contributed by atoms with van der Waals surface area (Å²) in [7, 11) is 1.30. The minimum Gasteiger partial charge on any atom is -0.478 e. The number of nitrogens with zero attached hydrogens (tertiary/aromatic N) is 2. The first kappa shape index (κ1) is 32.4. The zero-order valence-corrected chi connectivity index (χ0v) is 27.2. The summed E-state index contributed by atoms with van der Waals surface area (Å²) in [5.74, 6) is -1.98. The van der Waals surface area contributed by atoms with Gasteiger partial charge in [0.15, 0.2) is 0 Å². The number of aryl methyl sites for hydroxylation is 3. The van der Waals surface area contributed by atoms with Crippen molar-refractivity contribution in [1.82, 2.24) is 19.9 Å². The minimum absolute atomic E-state index is 0.0264. The molecule has 0 unspecified atom stereocenters. The zero-order valence-electron chi connectivity index (χ0n) is 27.2. The number of rotatable bonds is 10. The lowest BCUT2D eigenvalue weighted by Gasteiger charge is -2.18. The number of carbonyl (C=O) groups is 3. The van der Waals surface area contributed by atoms with E-state index in [1.165, 1.54) is 7.11 Å². The van der Waals surface area contributed by atoms with Crippen LogP contribution >= 0.6 is 0 Å². The van der Waals surface area contributed by atoms with E-state index in [1.807, 2.05) is 25.1 Å². The largest absolute Gasteiger partial charge is 0.478 e. The SMILES string of the molecule is C=Cc1c(C)c2cc3nc(c(CC(=O)OC)c4nc(cc5[nH]c(cc1[nH]2)c(C)c5CC)C(C)=C4C(=O)O)[C@@H](CCCOC=O)[C@@H]3C. The van der Waals surface area contributed by atoms with Crippen molar-refractivity contribution >= 4 is 57.7 Å². The molecule has 0 saturated heterocycles. The third kappa shape index (κ3) is 5.75. The average molecular weight is 625 g/mol. The summed E-state index contributed by atoms with van der Waals surface area (Å²) >= 11 is 0. The minimum atomic E-state index is -1.14. The number of H-pyrrole nitrogens is 2. The molecule has 0 spiro atoms. The van der Waals surface area contributed by atoms with Crippen molar-refractivity contribution in [2.45, 2.75) is 72.1 Å². The number of carboxylic acids is 1. The fraction of sp³-hybridized carbons (Fsp3) is 0.361. The topological polar surface area (TPSA) is 147 Å². The summed E-state index contributed by atoms with van der Waals surface area (Å²) in [6.45, 7) is 14.7. The Kier molecular flexibility index (Phi) is 9.27. The number of fused-ring (bicyclic) bond motifs is 8. The summed E-state index contributed by atoms with van der Waals surface area (Å²) in [5, 5.41) is 10.5. The van der Waals surface area contributed by atoms with Crippen LogP contribution in [0.15, 0.2) is 24.8 Å². The van der Waals surface area contributed by atoms with Gasteiger partial charge in [0.2, 0.25) is 0 Å². The van der Waals surface area contributed by atoms with Crippen LogP contribution in [0.4, 0.5) is 0 Å². The Labute approximate surface area is 267 Å². The number of carboxylic acid groups (broad SMARTS) is 1. The second-order valence-electron chi connectivity index (χ2n) is 11.8. The lowest BCUT2D eigenvalue weighted by Crippen LogP contribution is -2.14. The maximum Gasteiger partial charge on any atom is 0.338 e. The van der Waals surface area contributed by atoms with E-state index >= 15 is 0 Å². The Morgan fingerprint density at radius 2 is 1.74 bits per heavy atom. The predicted octanol–water partition coefficient (Wildman–Crippen LogP) is 6.71. The molecule has 0 fully saturated rings. The molecule has 10 heteroatoms. The Morgan fingerprint density at radius 3 is 2.39 bits per heavy atom. The molecule has 3 N–H and O–H groups in total. The van der Waals surface area contributed by atoms with Crippen LogP contribution in [0.2, 0.25) is 0 Å². The van der Waals surface area contributed by atoms with Gasteiger partial charge in [0.1, 0.15) is 0 Å². The van der Waals surface area contributed by atoms with E-state index in [4.69, 9.17) is 19.4 Å². The fourth-order valence-electron chi connectivity index (χ4n) is 6.75. The van der Waals surface area contributed by atoms with Crippen LogP contribution in [0.25, 0.3) is 39.3 Å². The number of hydrogen-bond donors (Lipinski definition) is 3. The van der Waals surface area contributed by atoms with E-state index in [0.29, 0.717) is 41.8 Å². The molecular weight excluding hydrogens is 584 g/mol. The van der Waals surface area contributed by atoms with Gasteiger partial charge < -0.3 is 24.5 Å². The van der Waals surface area contributed by atoms with Gasteiger partial charge in [-0.1, -0.05) is 26.5 Å². The number of allylic oxidation sites excluding steroid dienone is 1. The van der Waals surface area contributed by atoms with Gasteiger partial charge in [0.25, 0.3) is 6.47 Å². The van der Waals surface area contributed by atoms with E-state index in [9.17, 15) is 19.5 Å². The molecule has 46 heavy (non-hydrogen) atoms. The predicted molar refractivity (Wildman–Crippen MR) is 178 cm³/mol. The van der Waals surface area contributed by atoms with Gasteiger partial charge >= 0.3 is 11.9 Å². The molecule has 0 saturated carbocycles. The van der Waals surface area contributed by atoms with Gasteiger partial charge in [-0.2, -0.15) is 0 Å². The molecule has 5 rings (SSSR count). The molecule has 0 radical (unpaired) electrons. The molecule has 0 aliphatic carbocycles. The van der Waals surface area contributed by atoms with Crippen molar-refractivity contribution in [1.29, 1.82) is 0 Å². The number of methoxy groups -OCH3 is 1. The quantitative estimate of drug-likeness (QED) is 0.128. The molecule has 2 aliphatic rings. The van der Waals surface area contributed by atoms with Crippen LogP contribution in [0, 0.1) is 13.8 Å². The van der Waals surface area contributed by atoms with Crippen LogP contribution in [0.1, 0.15) is 96.0 Å². The lowest BCUT2D eigenvalue weighted by atomic mass is 9.84. The van der Waals surface area contributed by atoms with Crippen LogP contribution in [0.5, 0.6) is 0 Å². The molecule has 3 aromatic rings. The first-order valence-corrected chi connectivity index (χ1v) is 15.5. The molecule has 8 bridgehead atoms. The van der Waals surface area contributed by atoms with E-state index in [0.717, 1.165) is 56.4 Å². The highest BCUT2D eigenvalue weighted by Gasteiger charge is 2.35. The van der Waals surface area contributed by atoms with Crippen LogP contribution in [-0.4, -0.2) is 57.2 Å². The lowest BCUT2D eigenvalue weighted by molar-refractivity contribution is -0.140. The van der Waals surface area contributed by atoms with Gasteiger partial charge in [0, 0.05) is 50.7 Å². The summed E-state index contributed by atoms with van der Waals surface area (Å²) < 4.78 is 10.1. The summed E-state index contributed by atoms with van der Waals surface area (Å²) in [6.07, 6.45) is 3.53. The van der Waals surface area contributed by atoms with Gasteiger partial charge in [0.05, 0.1) is 42.8 Å². The number of ether oxygens (including phenoxy) is 2. The second kappa shape index (κ2) is 13.2. The summed E-state index contributed by atoms with van der Waals surface area (Å²) in [5.41, 5.74) is 10.7. The van der Waals surface area contributed by atoms with Gasteiger partial charge in [-0.05, 0) is 80.5 Å². The number of aromatic nitrogens is 4. The standard InChI is InChI=1S/C36H40N4O6/c1-8-22-18(3)26-14-28-20(5)24(11-10-12-46-17-41)34(39-28)25(13-32(42)45-7)35-33(36(43)44)21(6)29(40-35)16-31-23(9-2)19(4)27(38-31)15-30(22)37-26/h8,14-17,20,24,37-38H,1,9-13H2,2-7H3,(H,43,44)/t20-,24-/m0/s1. The fourth-order valence-corrected chi connectivity index (χ4v) is 6.75. The van der Waals surface area contributed by atoms with E-state index < -0.39 is 11.9 Å². The molecule has 0 amide bonds. The van der Waals surface area contributed by atoms with Crippen molar-refractivity contribution in [2.75, 3.05) is 13.7 Å². The Balaban J connectivity index is 1.99. The van der Waals surface area contributed by atoms with Crippen molar-refractivity contribution < 1.29 is 29.0 Å². The summed E-state index contributed by atoms with van der Waals surface area (Å²) in [6, 6.07) is 5.97. The molecule has 2 atom stereocenters. The maximum atomic E-state index is 12.9. The van der Waals surface area contributed by atoms with Crippen LogP contribution in [0.3, 0.4) is 0 Å². The zero-order chi connectivity index (χ0) is 33.3. The third-order valence-corrected chi connectivity index (χ3v) is 9.34. The second-order valence-corrected chi connectivity index (χ2v) is 11.8. The number of aliphatic carboxylic acids is 1. The Bertz CT molecular complexity index is 1950. The molecule has 5 heterocycles. The highest BCUT2D eigenvalue weighted by Crippen LogP contribution is 2.43. The van der Waals surface area contributed by atoms with Gasteiger partial charge in [-0.15, -0.1) is 0 Å². The third-order valence-electron chi connectivity index (χ3n) is 9.34.